The molecule has 0 fully saturated rings. The maximum absolute atomic E-state index is 11.0. The number of hydrogen-bond acceptors (Lipinski definition) is 2. The maximum atomic E-state index is 11.0. The number of hydrogen-bond donors (Lipinski definition) is 2. The van der Waals surface area contributed by atoms with Crippen molar-refractivity contribution < 1.29 is 9.90 Å². The molecule has 0 saturated heterocycles. The molecule has 0 saturated carbocycles. The van der Waals surface area contributed by atoms with E-state index in [9.17, 15) is 4.79 Å². The van der Waals surface area contributed by atoms with Crippen LogP contribution in [0.25, 0.3) is 0 Å². The second-order valence-electron chi connectivity index (χ2n) is 2.76. The Morgan fingerprint density at radius 2 is 2.29 bits per heavy atom. The van der Waals surface area contributed by atoms with Gasteiger partial charge in [-0.15, -0.1) is 0 Å². The fourth-order valence-electron chi connectivity index (χ4n) is 0.945. The summed E-state index contributed by atoms with van der Waals surface area (Å²) in [5.41, 5.74) is 0.802. The Labute approximate surface area is 87.0 Å². The van der Waals surface area contributed by atoms with Gasteiger partial charge in [0.25, 0.3) is 5.91 Å². The van der Waals surface area contributed by atoms with Crippen molar-refractivity contribution in [1.82, 2.24) is 5.32 Å². The van der Waals surface area contributed by atoms with E-state index >= 15 is 0 Å². The fourth-order valence-corrected chi connectivity index (χ4v) is 1.01. The number of carbonyl (C=O) groups excluding carboxylic acids is 1. The first kappa shape index (κ1) is 10.6. The predicted molar refractivity (Wildman–Crippen MR) is 54.9 cm³/mol. The van der Waals surface area contributed by atoms with E-state index in [0.717, 1.165) is 5.56 Å². The Morgan fingerprint density at radius 1 is 1.57 bits per heavy atom. The summed E-state index contributed by atoms with van der Waals surface area (Å²) in [6, 6.07) is 6.62. The second-order valence-corrected chi connectivity index (χ2v) is 3.21. The molecule has 0 unspecified atom stereocenters. The highest BCUT2D eigenvalue weighted by Crippen LogP contribution is 2.10. The first-order chi connectivity index (χ1) is 6.59. The number of rotatable bonds is 3. The molecule has 0 heterocycles. The number of phenolic OH excluding ortho intramolecular Hbond substituents is 1. The van der Waals surface area contributed by atoms with Gasteiger partial charge in [-0.25, -0.2) is 0 Å². The highest BCUT2D eigenvalue weighted by molar-refractivity contribution is 6.41. The summed E-state index contributed by atoms with van der Waals surface area (Å²) in [6.07, 6.45) is 0. The SMILES string of the molecule is C=C(Cl)C(=O)NCc1cccc(O)c1. The molecule has 0 bridgehead atoms. The number of halogens is 1. The van der Waals surface area contributed by atoms with E-state index in [1.807, 2.05) is 0 Å². The van der Waals surface area contributed by atoms with Crippen LogP contribution >= 0.6 is 11.6 Å². The van der Waals surface area contributed by atoms with E-state index in [-0.39, 0.29) is 10.8 Å². The van der Waals surface area contributed by atoms with Crippen LogP contribution in [0.1, 0.15) is 5.56 Å². The smallest absolute Gasteiger partial charge is 0.262 e. The molecular formula is C10H10ClNO2. The van der Waals surface area contributed by atoms with Gasteiger partial charge in [0.1, 0.15) is 5.75 Å². The Hall–Kier alpha value is -1.48. The van der Waals surface area contributed by atoms with Crippen molar-refractivity contribution >= 4 is 17.5 Å². The van der Waals surface area contributed by atoms with Gasteiger partial charge in [-0.1, -0.05) is 30.3 Å². The third kappa shape index (κ3) is 3.11. The molecule has 1 amide bonds. The third-order valence-corrected chi connectivity index (χ3v) is 1.78. The summed E-state index contributed by atoms with van der Waals surface area (Å²) < 4.78 is 0. The van der Waals surface area contributed by atoms with Gasteiger partial charge >= 0.3 is 0 Å². The summed E-state index contributed by atoms with van der Waals surface area (Å²) >= 11 is 5.37. The summed E-state index contributed by atoms with van der Waals surface area (Å²) in [6.45, 7) is 3.61. The Morgan fingerprint density at radius 3 is 2.86 bits per heavy atom. The first-order valence-corrected chi connectivity index (χ1v) is 4.38. The van der Waals surface area contributed by atoms with Crippen LogP contribution in [-0.2, 0) is 11.3 Å². The number of aromatic hydroxyl groups is 1. The average molecular weight is 212 g/mol. The van der Waals surface area contributed by atoms with Crippen LogP contribution in [0.5, 0.6) is 5.75 Å². The molecule has 1 aromatic carbocycles. The Balaban J connectivity index is 2.54. The molecular weight excluding hydrogens is 202 g/mol. The van der Waals surface area contributed by atoms with E-state index in [1.54, 1.807) is 24.3 Å². The van der Waals surface area contributed by atoms with Crippen molar-refractivity contribution in [3.8, 4) is 5.75 Å². The minimum atomic E-state index is -0.407. The molecule has 0 radical (unpaired) electrons. The molecule has 74 valence electrons. The van der Waals surface area contributed by atoms with Crippen molar-refractivity contribution in [3.05, 3.63) is 41.4 Å². The van der Waals surface area contributed by atoms with E-state index in [0.29, 0.717) is 6.54 Å². The molecule has 0 aliphatic heterocycles. The van der Waals surface area contributed by atoms with Crippen LogP contribution in [0.3, 0.4) is 0 Å². The molecule has 0 aliphatic carbocycles. The van der Waals surface area contributed by atoms with Crippen LogP contribution in [0.15, 0.2) is 35.9 Å². The van der Waals surface area contributed by atoms with Gasteiger partial charge in [-0.3, -0.25) is 4.79 Å². The molecule has 1 rings (SSSR count). The number of carbonyl (C=O) groups is 1. The second kappa shape index (κ2) is 4.67. The topological polar surface area (TPSA) is 49.3 Å². The average Bonchev–Trinajstić information content (AvgIpc) is 2.14. The van der Waals surface area contributed by atoms with Crippen LogP contribution in [0.2, 0.25) is 0 Å². The zero-order valence-corrected chi connectivity index (χ0v) is 8.21. The Bertz CT molecular complexity index is 363. The van der Waals surface area contributed by atoms with Gasteiger partial charge in [0.15, 0.2) is 0 Å². The summed E-state index contributed by atoms with van der Waals surface area (Å²) in [7, 11) is 0. The van der Waals surface area contributed by atoms with Crippen molar-refractivity contribution in [2.75, 3.05) is 0 Å². The molecule has 0 aliphatic rings. The molecule has 4 heteroatoms. The van der Waals surface area contributed by atoms with E-state index in [4.69, 9.17) is 16.7 Å². The predicted octanol–water partition coefficient (Wildman–Crippen LogP) is 1.76. The van der Waals surface area contributed by atoms with Crippen LogP contribution in [0.4, 0.5) is 0 Å². The van der Waals surface area contributed by atoms with Gasteiger partial charge in [-0.05, 0) is 17.7 Å². The third-order valence-electron chi connectivity index (χ3n) is 1.61. The molecule has 2 N–H and O–H groups in total. The van der Waals surface area contributed by atoms with E-state index in [2.05, 4.69) is 11.9 Å². The van der Waals surface area contributed by atoms with Crippen molar-refractivity contribution in [3.63, 3.8) is 0 Å². The van der Waals surface area contributed by atoms with Crippen LogP contribution in [0, 0.1) is 0 Å². The Kier molecular flexibility index (Phi) is 3.54. The fraction of sp³-hybridized carbons (Fsp3) is 0.100. The largest absolute Gasteiger partial charge is 0.508 e. The van der Waals surface area contributed by atoms with E-state index < -0.39 is 5.91 Å². The lowest BCUT2D eigenvalue weighted by Crippen LogP contribution is -2.22. The summed E-state index contributed by atoms with van der Waals surface area (Å²) in [5, 5.41) is 11.6. The quantitative estimate of drug-likeness (QED) is 0.749. The molecule has 0 atom stereocenters. The molecule has 14 heavy (non-hydrogen) atoms. The van der Waals surface area contributed by atoms with Crippen molar-refractivity contribution in [2.45, 2.75) is 6.54 Å². The lowest BCUT2D eigenvalue weighted by Gasteiger charge is -2.03. The maximum Gasteiger partial charge on any atom is 0.262 e. The lowest BCUT2D eigenvalue weighted by molar-refractivity contribution is -0.117. The van der Waals surface area contributed by atoms with Gasteiger partial charge < -0.3 is 10.4 Å². The highest BCUT2D eigenvalue weighted by Gasteiger charge is 2.02. The zero-order valence-electron chi connectivity index (χ0n) is 7.46. The molecule has 0 aromatic heterocycles. The zero-order chi connectivity index (χ0) is 10.6. The van der Waals surface area contributed by atoms with Gasteiger partial charge in [-0.2, -0.15) is 0 Å². The number of amides is 1. The number of nitrogens with one attached hydrogen (secondary N) is 1. The van der Waals surface area contributed by atoms with Crippen molar-refractivity contribution in [2.24, 2.45) is 0 Å². The monoisotopic (exact) mass is 211 g/mol. The van der Waals surface area contributed by atoms with Gasteiger partial charge in [0, 0.05) is 6.54 Å². The highest BCUT2D eigenvalue weighted by atomic mass is 35.5. The minimum Gasteiger partial charge on any atom is -0.508 e. The number of benzene rings is 1. The normalized spacial score (nSPS) is 9.50. The first-order valence-electron chi connectivity index (χ1n) is 4.00. The van der Waals surface area contributed by atoms with Crippen LogP contribution in [-0.4, -0.2) is 11.0 Å². The molecule has 1 aromatic rings. The van der Waals surface area contributed by atoms with E-state index in [1.165, 1.54) is 0 Å². The van der Waals surface area contributed by atoms with Gasteiger partial charge in [0.05, 0.1) is 5.03 Å². The number of phenols is 1. The van der Waals surface area contributed by atoms with Crippen LogP contribution < -0.4 is 5.32 Å². The molecule has 3 nitrogen and oxygen atoms in total. The summed E-state index contributed by atoms with van der Waals surface area (Å²) in [5.74, 6) is -0.239. The standard InChI is InChI=1S/C10H10ClNO2/c1-7(11)10(14)12-6-8-3-2-4-9(13)5-8/h2-5,13H,1,6H2,(H,12,14). The minimum absolute atomic E-state index is 0.0508. The molecule has 0 spiro atoms. The van der Waals surface area contributed by atoms with Gasteiger partial charge in [0.2, 0.25) is 0 Å². The van der Waals surface area contributed by atoms with Crippen molar-refractivity contribution in [1.29, 1.82) is 0 Å². The summed E-state index contributed by atoms with van der Waals surface area (Å²) in [4.78, 5) is 11.0. The lowest BCUT2D eigenvalue weighted by atomic mass is 10.2.